The Hall–Kier alpha value is -1.74. The van der Waals surface area contributed by atoms with Crippen molar-refractivity contribution in [3.05, 3.63) is 59.2 Å². The van der Waals surface area contributed by atoms with Crippen LogP contribution in [0.3, 0.4) is 0 Å². The van der Waals surface area contributed by atoms with Gasteiger partial charge in [0.05, 0.1) is 6.26 Å². The van der Waals surface area contributed by atoms with Crippen molar-refractivity contribution in [2.24, 2.45) is 5.73 Å². The lowest BCUT2D eigenvalue weighted by Crippen LogP contribution is -2.51. The zero-order valence-electron chi connectivity index (χ0n) is 13.3. The summed E-state index contributed by atoms with van der Waals surface area (Å²) in [5, 5.41) is 0. The predicted molar refractivity (Wildman–Crippen MR) is 92.3 cm³/mol. The van der Waals surface area contributed by atoms with E-state index in [0.29, 0.717) is 18.4 Å². The quantitative estimate of drug-likeness (QED) is 0.786. The molecule has 2 aromatic rings. The van der Waals surface area contributed by atoms with Crippen LogP contribution in [0.25, 0.3) is 0 Å². The van der Waals surface area contributed by atoms with Gasteiger partial charge in [-0.25, -0.2) is 17.2 Å². The number of aryl methyl sites for hydroxylation is 1. The fourth-order valence-corrected chi connectivity index (χ4v) is 3.71. The van der Waals surface area contributed by atoms with Gasteiger partial charge in [-0.1, -0.05) is 6.07 Å². The first-order chi connectivity index (χ1) is 11.2. The van der Waals surface area contributed by atoms with E-state index in [4.69, 9.17) is 10.5 Å². The fourth-order valence-electron chi connectivity index (χ4n) is 2.84. The second-order valence-corrected chi connectivity index (χ2v) is 7.59. The van der Waals surface area contributed by atoms with Gasteiger partial charge in [0.25, 0.3) is 0 Å². The molecule has 1 aliphatic rings. The van der Waals surface area contributed by atoms with Crippen molar-refractivity contribution in [2.75, 3.05) is 6.26 Å². The molecule has 1 unspecified atom stereocenters. The van der Waals surface area contributed by atoms with Crippen LogP contribution >= 0.6 is 12.4 Å². The second kappa shape index (κ2) is 6.87. The number of rotatable bonds is 4. The Kier molecular flexibility index (Phi) is 5.38. The minimum atomic E-state index is -3.51. The molecule has 0 aliphatic heterocycles. The number of nitrogens with two attached hydrogens (primary N) is 1. The average Bonchev–Trinajstić information content (AvgIpc) is 2.77. The summed E-state index contributed by atoms with van der Waals surface area (Å²) < 4.78 is 57.6. The van der Waals surface area contributed by atoms with Crippen molar-refractivity contribution in [1.29, 1.82) is 0 Å². The normalized spacial score (nSPS) is 19.2. The summed E-state index contributed by atoms with van der Waals surface area (Å²) in [4.78, 5) is 0. The van der Waals surface area contributed by atoms with Crippen molar-refractivity contribution in [3.8, 4) is 11.5 Å². The lowest BCUT2D eigenvalue weighted by molar-refractivity contribution is 0.403. The smallest absolute Gasteiger partial charge is 0.210 e. The zero-order valence-corrected chi connectivity index (χ0v) is 14.9. The number of benzene rings is 2. The van der Waals surface area contributed by atoms with E-state index in [1.807, 2.05) is 0 Å². The van der Waals surface area contributed by atoms with Crippen molar-refractivity contribution in [3.63, 3.8) is 0 Å². The fraction of sp³-hybridized carbons (Fsp3) is 0.250. The van der Waals surface area contributed by atoms with E-state index < -0.39 is 27.3 Å². The third-order valence-electron chi connectivity index (χ3n) is 3.84. The van der Waals surface area contributed by atoms with Gasteiger partial charge >= 0.3 is 0 Å². The molecule has 0 heterocycles. The summed E-state index contributed by atoms with van der Waals surface area (Å²) in [5.74, 6) is -1.38. The van der Waals surface area contributed by atoms with Gasteiger partial charge in [-0.05, 0) is 48.2 Å². The Balaban J connectivity index is 0.00000225. The number of nitrogens with one attached hydrogen (secondary N) is 1. The summed E-state index contributed by atoms with van der Waals surface area (Å²) in [7, 11) is -3.51. The molecule has 136 valence electrons. The molecular weight excluding hydrogens is 374 g/mol. The largest absolute Gasteiger partial charge is 0.454 e. The summed E-state index contributed by atoms with van der Waals surface area (Å²) in [5.41, 5.74) is 6.43. The lowest BCUT2D eigenvalue weighted by atomic mass is 10.0. The number of ether oxygens (including phenoxy) is 1. The van der Waals surface area contributed by atoms with E-state index >= 15 is 0 Å². The van der Waals surface area contributed by atoms with Crippen molar-refractivity contribution in [2.45, 2.75) is 18.5 Å². The number of fused-ring (bicyclic) bond motifs is 1. The summed E-state index contributed by atoms with van der Waals surface area (Å²) in [6, 6.07) is 7.95. The highest BCUT2D eigenvalue weighted by molar-refractivity contribution is 7.88. The maximum Gasteiger partial charge on any atom is 0.210 e. The molecule has 0 amide bonds. The Bertz CT molecular complexity index is 908. The van der Waals surface area contributed by atoms with E-state index in [-0.39, 0.29) is 23.9 Å². The molecule has 0 spiro atoms. The molecule has 0 radical (unpaired) electrons. The predicted octanol–water partition coefficient (Wildman–Crippen LogP) is 2.79. The van der Waals surface area contributed by atoms with Gasteiger partial charge in [0.2, 0.25) is 10.0 Å². The maximum absolute atomic E-state index is 13.7. The Morgan fingerprint density at radius 3 is 2.56 bits per heavy atom. The SMILES string of the molecule is CS(=O)(=O)NC1(N)CCc2ccc(Oc3ccc(F)cc3F)cc21.Cl. The molecule has 3 rings (SSSR count). The monoisotopic (exact) mass is 390 g/mol. The van der Waals surface area contributed by atoms with Gasteiger partial charge in [-0.3, -0.25) is 0 Å². The van der Waals surface area contributed by atoms with E-state index in [9.17, 15) is 17.2 Å². The van der Waals surface area contributed by atoms with Crippen LogP contribution in [-0.4, -0.2) is 14.7 Å². The molecule has 1 aliphatic carbocycles. The number of hydrogen-bond donors (Lipinski definition) is 2. The van der Waals surface area contributed by atoms with Crippen LogP contribution in [0, 0.1) is 11.6 Å². The van der Waals surface area contributed by atoms with E-state index in [2.05, 4.69) is 4.72 Å². The van der Waals surface area contributed by atoms with E-state index in [1.165, 1.54) is 6.07 Å². The van der Waals surface area contributed by atoms with Gasteiger partial charge in [0, 0.05) is 6.07 Å². The van der Waals surface area contributed by atoms with Crippen molar-refractivity contribution >= 4 is 22.4 Å². The molecular formula is C16H17ClF2N2O3S. The van der Waals surface area contributed by atoms with Gasteiger partial charge < -0.3 is 10.5 Å². The molecule has 2 aromatic carbocycles. The molecule has 0 aromatic heterocycles. The van der Waals surface area contributed by atoms with Crippen LogP contribution < -0.4 is 15.2 Å². The first-order valence-electron chi connectivity index (χ1n) is 7.20. The molecule has 0 saturated heterocycles. The van der Waals surface area contributed by atoms with Gasteiger partial charge in [0.15, 0.2) is 11.6 Å². The molecule has 0 bridgehead atoms. The Morgan fingerprint density at radius 1 is 1.20 bits per heavy atom. The topological polar surface area (TPSA) is 81.4 Å². The highest BCUT2D eigenvalue weighted by atomic mass is 35.5. The zero-order chi connectivity index (χ0) is 17.5. The van der Waals surface area contributed by atoms with Crippen LogP contribution in [0.1, 0.15) is 17.5 Å². The minimum absolute atomic E-state index is 0. The van der Waals surface area contributed by atoms with Crippen LogP contribution in [0.4, 0.5) is 8.78 Å². The van der Waals surface area contributed by atoms with Gasteiger partial charge in [-0.2, -0.15) is 4.72 Å². The average molecular weight is 391 g/mol. The van der Waals surface area contributed by atoms with Crippen LogP contribution in [0.15, 0.2) is 36.4 Å². The van der Waals surface area contributed by atoms with Crippen LogP contribution in [0.5, 0.6) is 11.5 Å². The molecule has 0 saturated carbocycles. The van der Waals surface area contributed by atoms with E-state index in [1.54, 1.807) is 18.2 Å². The van der Waals surface area contributed by atoms with Crippen molar-refractivity contribution in [1.82, 2.24) is 4.72 Å². The molecule has 3 N–H and O–H groups in total. The standard InChI is InChI=1S/C16H16F2N2O3S.ClH/c1-24(21,22)20-16(19)7-6-10-2-4-12(9-13(10)16)23-15-5-3-11(17)8-14(15)18;/h2-5,8-9,20H,6-7,19H2,1H3;1H. The summed E-state index contributed by atoms with van der Waals surface area (Å²) in [6.07, 6.45) is 2.05. The third kappa shape index (κ3) is 4.27. The molecule has 1 atom stereocenters. The van der Waals surface area contributed by atoms with Gasteiger partial charge in [0.1, 0.15) is 17.2 Å². The number of hydrogen-bond acceptors (Lipinski definition) is 4. The first-order valence-corrected chi connectivity index (χ1v) is 9.10. The minimum Gasteiger partial charge on any atom is -0.454 e. The van der Waals surface area contributed by atoms with Crippen molar-refractivity contribution < 1.29 is 21.9 Å². The highest BCUT2D eigenvalue weighted by Gasteiger charge is 2.37. The molecule has 0 fully saturated rings. The third-order valence-corrected chi connectivity index (χ3v) is 4.57. The maximum atomic E-state index is 13.7. The number of sulfonamides is 1. The number of halogens is 3. The molecule has 5 nitrogen and oxygen atoms in total. The Morgan fingerprint density at radius 2 is 1.92 bits per heavy atom. The molecule has 9 heteroatoms. The van der Waals surface area contributed by atoms with E-state index in [0.717, 1.165) is 24.0 Å². The first kappa shape index (κ1) is 19.6. The van der Waals surface area contributed by atoms with Gasteiger partial charge in [-0.15, -0.1) is 12.4 Å². The summed E-state index contributed by atoms with van der Waals surface area (Å²) in [6.45, 7) is 0. The summed E-state index contributed by atoms with van der Waals surface area (Å²) >= 11 is 0. The molecule has 25 heavy (non-hydrogen) atoms. The Labute approximate surface area is 150 Å². The second-order valence-electron chi connectivity index (χ2n) is 5.84. The highest BCUT2D eigenvalue weighted by Crippen LogP contribution is 2.37. The lowest BCUT2D eigenvalue weighted by Gasteiger charge is -2.26. The van der Waals surface area contributed by atoms with Crippen LogP contribution in [0.2, 0.25) is 0 Å². The van der Waals surface area contributed by atoms with Crippen LogP contribution in [-0.2, 0) is 22.1 Å².